The normalized spacial score (nSPS) is 17.5. The second kappa shape index (κ2) is 3.77. The fourth-order valence-corrected chi connectivity index (χ4v) is 1.59. The molecule has 0 bridgehead atoms. The zero-order valence-electron chi connectivity index (χ0n) is 9.29. The van der Waals surface area contributed by atoms with Crippen molar-refractivity contribution < 1.29 is 4.74 Å². The van der Waals surface area contributed by atoms with E-state index in [2.05, 4.69) is 9.97 Å². The Morgan fingerprint density at radius 1 is 1.53 bits per heavy atom. The van der Waals surface area contributed by atoms with E-state index >= 15 is 0 Å². The zero-order valence-corrected chi connectivity index (χ0v) is 9.29. The van der Waals surface area contributed by atoms with Gasteiger partial charge >= 0.3 is 6.01 Å². The number of aromatic nitrogens is 2. The minimum atomic E-state index is 0.0879. The summed E-state index contributed by atoms with van der Waals surface area (Å²) in [6.45, 7) is 2.02. The Kier molecular flexibility index (Phi) is 2.61. The third-order valence-corrected chi connectivity index (χ3v) is 2.99. The first kappa shape index (κ1) is 10.4. The molecule has 15 heavy (non-hydrogen) atoms. The second-order valence-corrected chi connectivity index (χ2v) is 4.35. The summed E-state index contributed by atoms with van der Waals surface area (Å²) in [4.78, 5) is 8.39. The molecule has 2 rings (SSSR count). The highest BCUT2D eigenvalue weighted by Gasteiger charge is 2.37. The van der Waals surface area contributed by atoms with Crippen LogP contribution in [0.2, 0.25) is 0 Å². The van der Waals surface area contributed by atoms with E-state index < -0.39 is 0 Å². The van der Waals surface area contributed by atoms with Crippen molar-refractivity contribution in [3.63, 3.8) is 0 Å². The van der Waals surface area contributed by atoms with Crippen molar-refractivity contribution in [3.8, 4) is 6.01 Å². The van der Waals surface area contributed by atoms with Crippen LogP contribution in [0.5, 0.6) is 6.01 Å². The van der Waals surface area contributed by atoms with Gasteiger partial charge in [-0.25, -0.2) is 9.97 Å². The minimum absolute atomic E-state index is 0.0879. The first-order valence-electron chi connectivity index (χ1n) is 5.28. The summed E-state index contributed by atoms with van der Waals surface area (Å²) in [6.07, 6.45) is 6.02. The van der Waals surface area contributed by atoms with Crippen molar-refractivity contribution in [1.82, 2.24) is 9.97 Å². The van der Waals surface area contributed by atoms with Gasteiger partial charge in [-0.3, -0.25) is 0 Å². The van der Waals surface area contributed by atoms with Crippen molar-refractivity contribution in [3.05, 3.63) is 17.5 Å². The number of ether oxygens (including phenoxy) is 1. The summed E-state index contributed by atoms with van der Waals surface area (Å²) in [6, 6.07) is 0.442. The average Bonchev–Trinajstić information content (AvgIpc) is 2.96. The second-order valence-electron chi connectivity index (χ2n) is 4.35. The molecule has 0 amide bonds. The van der Waals surface area contributed by atoms with Crippen LogP contribution in [0.25, 0.3) is 0 Å². The maximum atomic E-state index is 6.04. The molecule has 1 aliphatic carbocycles. The van der Waals surface area contributed by atoms with Gasteiger partial charge in [0.1, 0.15) is 0 Å². The summed E-state index contributed by atoms with van der Waals surface area (Å²) < 4.78 is 5.00. The van der Waals surface area contributed by atoms with Crippen LogP contribution in [0.15, 0.2) is 6.20 Å². The lowest BCUT2D eigenvalue weighted by molar-refractivity contribution is 0.377. The largest absolute Gasteiger partial charge is 0.467 e. The number of rotatable bonds is 4. The molecule has 1 saturated carbocycles. The number of hydrogen-bond acceptors (Lipinski definition) is 4. The Morgan fingerprint density at radius 2 is 2.27 bits per heavy atom. The number of nitrogens with zero attached hydrogens (tertiary/aromatic N) is 2. The fraction of sp³-hybridized carbons (Fsp3) is 0.636. The van der Waals surface area contributed by atoms with E-state index in [1.807, 2.05) is 6.92 Å². The maximum absolute atomic E-state index is 6.04. The first-order valence-corrected chi connectivity index (χ1v) is 5.28. The highest BCUT2D eigenvalue weighted by Crippen LogP contribution is 2.36. The highest BCUT2D eigenvalue weighted by atomic mass is 16.5. The Labute approximate surface area is 89.9 Å². The van der Waals surface area contributed by atoms with Crippen LogP contribution in [0.3, 0.4) is 0 Å². The zero-order chi connectivity index (χ0) is 10.9. The van der Waals surface area contributed by atoms with E-state index in [-0.39, 0.29) is 5.54 Å². The van der Waals surface area contributed by atoms with Gasteiger partial charge in [0, 0.05) is 11.7 Å². The summed E-state index contributed by atoms with van der Waals surface area (Å²) in [7, 11) is 1.58. The van der Waals surface area contributed by atoms with Gasteiger partial charge in [-0.15, -0.1) is 0 Å². The van der Waals surface area contributed by atoms with Gasteiger partial charge in [-0.2, -0.15) is 0 Å². The monoisotopic (exact) mass is 207 g/mol. The molecule has 1 fully saturated rings. The predicted octanol–water partition coefficient (Wildman–Crippen LogP) is 1.22. The van der Waals surface area contributed by atoms with Crippen molar-refractivity contribution in [2.75, 3.05) is 7.11 Å². The van der Waals surface area contributed by atoms with Gasteiger partial charge in [0.25, 0.3) is 0 Å². The van der Waals surface area contributed by atoms with Crippen molar-refractivity contribution in [2.24, 2.45) is 5.73 Å². The molecular formula is C11H17N3O. The lowest BCUT2D eigenvalue weighted by Gasteiger charge is -2.09. The molecule has 4 nitrogen and oxygen atoms in total. The van der Waals surface area contributed by atoms with E-state index in [0.717, 1.165) is 36.9 Å². The smallest absolute Gasteiger partial charge is 0.316 e. The topological polar surface area (TPSA) is 61.0 Å². The number of aryl methyl sites for hydroxylation is 2. The van der Waals surface area contributed by atoms with E-state index in [9.17, 15) is 0 Å². The van der Waals surface area contributed by atoms with Gasteiger partial charge in [0.2, 0.25) is 0 Å². The molecule has 0 aliphatic heterocycles. The Hall–Kier alpha value is -1.16. The molecule has 82 valence electrons. The maximum Gasteiger partial charge on any atom is 0.316 e. The predicted molar refractivity (Wildman–Crippen MR) is 57.8 cm³/mol. The molecule has 0 spiro atoms. The average molecular weight is 207 g/mol. The van der Waals surface area contributed by atoms with Gasteiger partial charge in [-0.05, 0) is 38.2 Å². The van der Waals surface area contributed by atoms with Crippen LogP contribution in [0.1, 0.15) is 30.5 Å². The molecule has 0 saturated heterocycles. The molecule has 4 heteroatoms. The molecular weight excluding hydrogens is 190 g/mol. The molecule has 0 atom stereocenters. The van der Waals surface area contributed by atoms with Crippen LogP contribution in [-0.4, -0.2) is 22.6 Å². The number of methoxy groups -OCH3 is 1. The summed E-state index contributed by atoms with van der Waals surface area (Å²) in [5, 5.41) is 0. The molecule has 0 unspecified atom stereocenters. The van der Waals surface area contributed by atoms with Crippen LogP contribution >= 0.6 is 0 Å². The van der Waals surface area contributed by atoms with Gasteiger partial charge in [0.05, 0.1) is 12.8 Å². The lowest BCUT2D eigenvalue weighted by atomic mass is 10.1. The molecule has 1 aromatic heterocycles. The minimum Gasteiger partial charge on any atom is -0.467 e. The fourth-order valence-electron chi connectivity index (χ4n) is 1.59. The van der Waals surface area contributed by atoms with Crippen molar-refractivity contribution in [2.45, 2.75) is 38.1 Å². The van der Waals surface area contributed by atoms with Crippen LogP contribution in [-0.2, 0) is 6.42 Å². The Bertz CT molecular complexity index is 361. The molecule has 2 N–H and O–H groups in total. The SMILES string of the molecule is COc1ncc(C)c(CCC2(N)CC2)n1. The van der Waals surface area contributed by atoms with E-state index in [0.29, 0.717) is 6.01 Å². The molecule has 0 aromatic carbocycles. The lowest BCUT2D eigenvalue weighted by Crippen LogP contribution is -2.22. The van der Waals surface area contributed by atoms with E-state index in [1.165, 1.54) is 0 Å². The van der Waals surface area contributed by atoms with Gasteiger partial charge in [0.15, 0.2) is 0 Å². The summed E-state index contributed by atoms with van der Waals surface area (Å²) in [5.41, 5.74) is 8.29. The van der Waals surface area contributed by atoms with Gasteiger partial charge in [-0.1, -0.05) is 0 Å². The summed E-state index contributed by atoms with van der Waals surface area (Å²) in [5.74, 6) is 0. The Morgan fingerprint density at radius 3 is 2.87 bits per heavy atom. The van der Waals surface area contributed by atoms with Crippen molar-refractivity contribution >= 4 is 0 Å². The summed E-state index contributed by atoms with van der Waals surface area (Å²) >= 11 is 0. The van der Waals surface area contributed by atoms with Crippen LogP contribution in [0.4, 0.5) is 0 Å². The molecule has 0 radical (unpaired) electrons. The number of nitrogens with two attached hydrogens (primary N) is 1. The van der Waals surface area contributed by atoms with Crippen LogP contribution in [0, 0.1) is 6.92 Å². The quantitative estimate of drug-likeness (QED) is 0.806. The number of hydrogen-bond donors (Lipinski definition) is 1. The molecule has 1 heterocycles. The standard InChI is InChI=1S/C11H17N3O/c1-8-7-13-10(15-2)14-9(8)3-4-11(12)5-6-11/h7H,3-6,12H2,1-2H3. The van der Waals surface area contributed by atoms with Gasteiger partial charge < -0.3 is 10.5 Å². The molecule has 1 aliphatic rings. The van der Waals surface area contributed by atoms with Crippen molar-refractivity contribution in [1.29, 1.82) is 0 Å². The first-order chi connectivity index (χ1) is 7.13. The Balaban J connectivity index is 2.05. The molecule has 1 aromatic rings. The van der Waals surface area contributed by atoms with E-state index in [1.54, 1.807) is 13.3 Å². The highest BCUT2D eigenvalue weighted by molar-refractivity contribution is 5.18. The third kappa shape index (κ3) is 2.45. The van der Waals surface area contributed by atoms with E-state index in [4.69, 9.17) is 10.5 Å². The third-order valence-electron chi connectivity index (χ3n) is 2.99. The van der Waals surface area contributed by atoms with Crippen LogP contribution < -0.4 is 10.5 Å².